The lowest BCUT2D eigenvalue weighted by atomic mass is 9.43. The van der Waals surface area contributed by atoms with Crippen molar-refractivity contribution in [3.63, 3.8) is 0 Å². The molecule has 2 unspecified atom stereocenters. The van der Waals surface area contributed by atoms with Crippen molar-refractivity contribution in [2.75, 3.05) is 6.54 Å². The fourth-order valence-corrected chi connectivity index (χ4v) is 7.66. The van der Waals surface area contributed by atoms with Crippen LogP contribution in [0.25, 0.3) is 0 Å². The summed E-state index contributed by atoms with van der Waals surface area (Å²) in [6, 6.07) is 0. The van der Waals surface area contributed by atoms with Gasteiger partial charge in [-0.2, -0.15) is 0 Å². The number of hydrogen-bond acceptors (Lipinski definition) is 1. The fourth-order valence-electron chi connectivity index (χ4n) is 7.66. The molecule has 1 heteroatoms. The van der Waals surface area contributed by atoms with Crippen LogP contribution in [0, 0.1) is 22.7 Å². The Morgan fingerprint density at radius 2 is 1.52 bits per heavy atom. The van der Waals surface area contributed by atoms with Gasteiger partial charge in [0.05, 0.1) is 0 Å². The summed E-state index contributed by atoms with van der Waals surface area (Å²) < 4.78 is 0. The van der Waals surface area contributed by atoms with Crippen molar-refractivity contribution in [2.24, 2.45) is 22.7 Å². The molecule has 0 spiro atoms. The summed E-state index contributed by atoms with van der Waals surface area (Å²) in [7, 11) is 0. The molecule has 0 aromatic rings. The van der Waals surface area contributed by atoms with E-state index in [9.17, 15) is 0 Å². The molecule has 1 N–H and O–H groups in total. The summed E-state index contributed by atoms with van der Waals surface area (Å²) in [6.45, 7) is 6.48. The fraction of sp³-hybridized carbons (Fsp3) is 1.00. The molecule has 0 heterocycles. The first kappa shape index (κ1) is 14.5. The minimum Gasteiger partial charge on any atom is -0.311 e. The van der Waals surface area contributed by atoms with Gasteiger partial charge in [-0.25, -0.2) is 0 Å². The molecule has 0 aromatic carbocycles. The van der Waals surface area contributed by atoms with Crippen LogP contribution in [-0.2, 0) is 0 Å². The topological polar surface area (TPSA) is 12.0 Å². The van der Waals surface area contributed by atoms with Crippen molar-refractivity contribution in [1.82, 2.24) is 5.32 Å². The van der Waals surface area contributed by atoms with Gasteiger partial charge in [-0.3, -0.25) is 0 Å². The first-order valence-electron chi connectivity index (χ1n) is 9.74. The second-order valence-electron chi connectivity index (χ2n) is 10.1. The third kappa shape index (κ3) is 2.80. The maximum Gasteiger partial charge on any atom is 0.0194 e. The highest BCUT2D eigenvalue weighted by Crippen LogP contribution is 2.66. The van der Waals surface area contributed by atoms with Gasteiger partial charge in [0.15, 0.2) is 0 Å². The summed E-state index contributed by atoms with van der Waals surface area (Å²) in [5.41, 5.74) is 1.84. The van der Waals surface area contributed by atoms with Gasteiger partial charge in [0.2, 0.25) is 0 Å². The van der Waals surface area contributed by atoms with E-state index in [1.54, 1.807) is 0 Å². The highest BCUT2D eigenvalue weighted by Gasteiger charge is 2.59. The van der Waals surface area contributed by atoms with Crippen LogP contribution in [0.4, 0.5) is 0 Å². The predicted octanol–water partition coefficient (Wildman–Crippen LogP) is 5.30. The summed E-state index contributed by atoms with van der Waals surface area (Å²) in [5.74, 6) is 2.06. The lowest BCUT2D eigenvalue weighted by Crippen LogP contribution is -2.64. The van der Waals surface area contributed by atoms with Crippen molar-refractivity contribution >= 4 is 0 Å². The van der Waals surface area contributed by atoms with Gasteiger partial charge in [-0.05, 0) is 74.2 Å². The Labute approximate surface area is 131 Å². The molecule has 0 saturated heterocycles. The maximum absolute atomic E-state index is 4.12. The molecule has 0 aromatic heterocycles. The van der Waals surface area contributed by atoms with Gasteiger partial charge < -0.3 is 5.32 Å². The highest BCUT2D eigenvalue weighted by atomic mass is 15.0. The van der Waals surface area contributed by atoms with Gasteiger partial charge in [-0.1, -0.05) is 46.0 Å². The van der Waals surface area contributed by atoms with E-state index in [0.29, 0.717) is 16.4 Å². The van der Waals surface area contributed by atoms with E-state index in [0.717, 1.165) is 11.8 Å². The zero-order chi connectivity index (χ0) is 14.6. The van der Waals surface area contributed by atoms with Crippen LogP contribution in [0.2, 0.25) is 0 Å². The van der Waals surface area contributed by atoms with Crippen LogP contribution in [0.15, 0.2) is 0 Å². The Kier molecular flexibility index (Phi) is 3.45. The zero-order valence-electron chi connectivity index (χ0n) is 14.3. The van der Waals surface area contributed by atoms with Crippen molar-refractivity contribution in [2.45, 2.75) is 96.4 Å². The number of nitrogens with one attached hydrogen (secondary N) is 1. The summed E-state index contributed by atoms with van der Waals surface area (Å²) in [4.78, 5) is 0. The van der Waals surface area contributed by atoms with Crippen LogP contribution < -0.4 is 5.32 Å². The summed E-state index contributed by atoms with van der Waals surface area (Å²) in [5, 5.41) is 4.12. The SMILES string of the molecule is CC12CC3CC(C)(C1)CC(NCCC1CCCCC1)(C3)C2. The van der Waals surface area contributed by atoms with E-state index in [-0.39, 0.29) is 0 Å². The van der Waals surface area contributed by atoms with Gasteiger partial charge in [-0.15, -0.1) is 0 Å². The molecule has 4 bridgehead atoms. The highest BCUT2D eigenvalue weighted by molar-refractivity contribution is 5.14. The van der Waals surface area contributed by atoms with Crippen molar-refractivity contribution in [3.05, 3.63) is 0 Å². The van der Waals surface area contributed by atoms with E-state index in [4.69, 9.17) is 0 Å². The average Bonchev–Trinajstić information content (AvgIpc) is 2.35. The molecular formula is C20H35N. The second-order valence-corrected chi connectivity index (χ2v) is 10.1. The van der Waals surface area contributed by atoms with Gasteiger partial charge in [0, 0.05) is 5.54 Å². The third-order valence-corrected chi connectivity index (χ3v) is 7.40. The monoisotopic (exact) mass is 289 g/mol. The Hall–Kier alpha value is -0.0400. The largest absolute Gasteiger partial charge is 0.311 e. The standard InChI is InChI=1S/C20H35N/c1-18-10-17-11-19(2,13-18)15-20(12-17,14-18)21-9-8-16-6-4-3-5-7-16/h16-17,21H,3-15H2,1-2H3. The van der Waals surface area contributed by atoms with Crippen molar-refractivity contribution in [3.8, 4) is 0 Å². The first-order chi connectivity index (χ1) is 9.99. The Morgan fingerprint density at radius 1 is 0.857 bits per heavy atom. The normalized spacial score (nSPS) is 49.7. The Morgan fingerprint density at radius 3 is 2.14 bits per heavy atom. The quantitative estimate of drug-likeness (QED) is 0.741. The summed E-state index contributed by atoms with van der Waals surface area (Å²) in [6.07, 6.45) is 17.9. The van der Waals surface area contributed by atoms with E-state index in [2.05, 4.69) is 19.2 Å². The van der Waals surface area contributed by atoms with E-state index < -0.39 is 0 Å². The third-order valence-electron chi connectivity index (χ3n) is 7.40. The maximum atomic E-state index is 4.12. The molecule has 5 aliphatic rings. The van der Waals surface area contributed by atoms with Crippen LogP contribution in [0.5, 0.6) is 0 Å². The lowest BCUT2D eigenvalue weighted by Gasteiger charge is -2.65. The van der Waals surface area contributed by atoms with E-state index in [1.165, 1.54) is 83.6 Å². The van der Waals surface area contributed by atoms with Gasteiger partial charge in [0.25, 0.3) is 0 Å². The first-order valence-corrected chi connectivity index (χ1v) is 9.74. The molecule has 0 radical (unpaired) electrons. The summed E-state index contributed by atoms with van der Waals surface area (Å²) >= 11 is 0. The molecule has 21 heavy (non-hydrogen) atoms. The molecular weight excluding hydrogens is 254 g/mol. The molecule has 0 amide bonds. The molecule has 5 saturated carbocycles. The van der Waals surface area contributed by atoms with E-state index in [1.807, 2.05) is 0 Å². The lowest BCUT2D eigenvalue weighted by molar-refractivity contribution is -0.117. The van der Waals surface area contributed by atoms with Crippen molar-refractivity contribution < 1.29 is 0 Å². The van der Waals surface area contributed by atoms with E-state index >= 15 is 0 Å². The number of rotatable bonds is 4. The molecule has 5 fully saturated rings. The van der Waals surface area contributed by atoms with Gasteiger partial charge in [0.1, 0.15) is 0 Å². The minimum absolute atomic E-state index is 0.525. The van der Waals surface area contributed by atoms with Gasteiger partial charge >= 0.3 is 0 Å². The molecule has 2 atom stereocenters. The van der Waals surface area contributed by atoms with Crippen LogP contribution in [0.1, 0.15) is 90.9 Å². The second kappa shape index (κ2) is 4.98. The molecule has 120 valence electrons. The number of hydrogen-bond donors (Lipinski definition) is 1. The van der Waals surface area contributed by atoms with Crippen LogP contribution >= 0.6 is 0 Å². The zero-order valence-corrected chi connectivity index (χ0v) is 14.3. The van der Waals surface area contributed by atoms with Crippen molar-refractivity contribution in [1.29, 1.82) is 0 Å². The molecule has 0 aliphatic heterocycles. The van der Waals surface area contributed by atoms with Crippen LogP contribution in [0.3, 0.4) is 0 Å². The minimum atomic E-state index is 0.525. The average molecular weight is 290 g/mol. The Balaban J connectivity index is 1.38. The predicted molar refractivity (Wildman–Crippen MR) is 89.3 cm³/mol. The Bertz CT molecular complexity index is 377. The molecule has 1 nitrogen and oxygen atoms in total. The molecule has 5 aliphatic carbocycles. The smallest absolute Gasteiger partial charge is 0.0194 e. The van der Waals surface area contributed by atoms with Crippen LogP contribution in [-0.4, -0.2) is 12.1 Å². The molecule has 5 rings (SSSR count).